The van der Waals surface area contributed by atoms with E-state index in [4.69, 9.17) is 4.74 Å². The van der Waals surface area contributed by atoms with E-state index in [0.717, 1.165) is 5.56 Å². The Morgan fingerprint density at radius 2 is 1.52 bits per heavy atom. The standard InChI is InChI=1S/C22H35N3O4/c1-14-10-12-16(13-11-14)17(18(26)24-21(3,4)5)25(9)19(27)15(2)23-20(28)29-22(6,7)8/h10-13,15,17H,1-9H3,(H,23,28)(H,24,26). The molecule has 1 aromatic carbocycles. The first-order valence-electron chi connectivity index (χ1n) is 9.75. The van der Waals surface area contributed by atoms with Crippen LogP contribution in [0.5, 0.6) is 0 Å². The summed E-state index contributed by atoms with van der Waals surface area (Å²) in [4.78, 5) is 39.3. The Hall–Kier alpha value is -2.57. The third-order valence-electron chi connectivity index (χ3n) is 3.98. The Labute approximate surface area is 174 Å². The average molecular weight is 406 g/mol. The van der Waals surface area contributed by atoms with Crippen molar-refractivity contribution in [1.29, 1.82) is 0 Å². The van der Waals surface area contributed by atoms with Crippen molar-refractivity contribution in [2.24, 2.45) is 0 Å². The third-order valence-corrected chi connectivity index (χ3v) is 3.98. The molecule has 2 atom stereocenters. The Kier molecular flexibility index (Phi) is 7.83. The lowest BCUT2D eigenvalue weighted by Crippen LogP contribution is -2.52. The van der Waals surface area contributed by atoms with Crippen molar-refractivity contribution in [3.8, 4) is 0 Å². The highest BCUT2D eigenvalue weighted by Crippen LogP contribution is 2.22. The number of rotatable bonds is 5. The van der Waals surface area contributed by atoms with Crippen LogP contribution in [0.15, 0.2) is 24.3 Å². The van der Waals surface area contributed by atoms with Crippen molar-refractivity contribution < 1.29 is 19.1 Å². The number of hydrogen-bond acceptors (Lipinski definition) is 4. The van der Waals surface area contributed by atoms with Crippen molar-refractivity contribution in [1.82, 2.24) is 15.5 Å². The quantitative estimate of drug-likeness (QED) is 0.787. The molecule has 1 rings (SSSR count). The molecule has 162 valence electrons. The summed E-state index contributed by atoms with van der Waals surface area (Å²) in [6.45, 7) is 14.4. The summed E-state index contributed by atoms with van der Waals surface area (Å²) in [5.74, 6) is -0.688. The lowest BCUT2D eigenvalue weighted by atomic mass is 10.0. The summed E-state index contributed by atoms with van der Waals surface area (Å²) >= 11 is 0. The number of alkyl carbamates (subject to hydrolysis) is 1. The molecular formula is C22H35N3O4. The maximum Gasteiger partial charge on any atom is 0.408 e. The van der Waals surface area contributed by atoms with Crippen LogP contribution in [0.2, 0.25) is 0 Å². The van der Waals surface area contributed by atoms with Gasteiger partial charge in [0.1, 0.15) is 17.7 Å². The second-order valence-electron chi connectivity index (χ2n) is 9.37. The minimum atomic E-state index is -0.856. The number of aryl methyl sites for hydroxylation is 1. The van der Waals surface area contributed by atoms with E-state index in [1.165, 1.54) is 4.90 Å². The van der Waals surface area contributed by atoms with Crippen LogP contribution in [0.4, 0.5) is 4.79 Å². The highest BCUT2D eigenvalue weighted by atomic mass is 16.6. The first-order chi connectivity index (χ1) is 13.1. The monoisotopic (exact) mass is 405 g/mol. The van der Waals surface area contributed by atoms with Gasteiger partial charge >= 0.3 is 6.09 Å². The van der Waals surface area contributed by atoms with Crippen LogP contribution in [0.25, 0.3) is 0 Å². The lowest BCUT2D eigenvalue weighted by molar-refractivity contribution is -0.141. The fraction of sp³-hybridized carbons (Fsp3) is 0.591. The minimum Gasteiger partial charge on any atom is -0.444 e. The molecule has 0 heterocycles. The summed E-state index contributed by atoms with van der Waals surface area (Å²) in [5, 5.41) is 5.47. The van der Waals surface area contributed by atoms with Gasteiger partial charge < -0.3 is 20.3 Å². The smallest absolute Gasteiger partial charge is 0.408 e. The van der Waals surface area contributed by atoms with Crippen LogP contribution in [-0.2, 0) is 14.3 Å². The van der Waals surface area contributed by atoms with Crippen LogP contribution in [-0.4, -0.2) is 47.0 Å². The zero-order valence-electron chi connectivity index (χ0n) is 19.0. The van der Waals surface area contributed by atoms with Gasteiger partial charge in [0.15, 0.2) is 0 Å². The van der Waals surface area contributed by atoms with Gasteiger partial charge in [-0.05, 0) is 61.0 Å². The van der Waals surface area contributed by atoms with Crippen molar-refractivity contribution >= 4 is 17.9 Å². The number of amides is 3. The van der Waals surface area contributed by atoms with E-state index in [1.54, 1.807) is 34.7 Å². The zero-order chi connectivity index (χ0) is 22.6. The minimum absolute atomic E-state index is 0.290. The number of hydrogen-bond donors (Lipinski definition) is 2. The zero-order valence-corrected chi connectivity index (χ0v) is 19.0. The summed E-state index contributed by atoms with van der Waals surface area (Å²) in [7, 11) is 1.56. The van der Waals surface area contributed by atoms with Crippen LogP contribution in [0, 0.1) is 6.92 Å². The van der Waals surface area contributed by atoms with Gasteiger partial charge in [-0.15, -0.1) is 0 Å². The number of benzene rings is 1. The predicted molar refractivity (Wildman–Crippen MR) is 113 cm³/mol. The summed E-state index contributed by atoms with van der Waals surface area (Å²) < 4.78 is 5.21. The van der Waals surface area contributed by atoms with Gasteiger partial charge in [-0.1, -0.05) is 29.8 Å². The van der Waals surface area contributed by atoms with Gasteiger partial charge in [-0.2, -0.15) is 0 Å². The fourth-order valence-corrected chi connectivity index (χ4v) is 2.72. The van der Waals surface area contributed by atoms with Gasteiger partial charge in [-0.3, -0.25) is 9.59 Å². The molecule has 0 aromatic heterocycles. The maximum absolute atomic E-state index is 13.0. The number of carbonyl (C=O) groups excluding carboxylic acids is 3. The first kappa shape index (κ1) is 24.5. The number of nitrogens with one attached hydrogen (secondary N) is 2. The molecular weight excluding hydrogens is 370 g/mol. The van der Waals surface area contributed by atoms with Crippen LogP contribution in [0.3, 0.4) is 0 Å². The van der Waals surface area contributed by atoms with Gasteiger partial charge in [0, 0.05) is 12.6 Å². The molecule has 2 unspecified atom stereocenters. The molecule has 3 amide bonds. The molecule has 0 spiro atoms. The number of carbonyl (C=O) groups is 3. The second-order valence-corrected chi connectivity index (χ2v) is 9.37. The Morgan fingerprint density at radius 3 is 1.97 bits per heavy atom. The van der Waals surface area contributed by atoms with Crippen molar-refractivity contribution in [3.63, 3.8) is 0 Å². The van der Waals surface area contributed by atoms with Crippen molar-refractivity contribution in [2.45, 2.75) is 78.6 Å². The van der Waals surface area contributed by atoms with Gasteiger partial charge in [0.05, 0.1) is 0 Å². The molecule has 7 nitrogen and oxygen atoms in total. The largest absolute Gasteiger partial charge is 0.444 e. The van der Waals surface area contributed by atoms with E-state index < -0.39 is 35.2 Å². The van der Waals surface area contributed by atoms with Gasteiger partial charge in [0.25, 0.3) is 0 Å². The van der Waals surface area contributed by atoms with Crippen LogP contribution in [0.1, 0.15) is 65.6 Å². The molecule has 1 aromatic rings. The number of nitrogens with zero attached hydrogens (tertiary/aromatic N) is 1. The summed E-state index contributed by atoms with van der Waals surface area (Å²) in [5.41, 5.74) is 0.621. The SMILES string of the molecule is Cc1ccc(C(C(=O)NC(C)(C)C)N(C)C(=O)C(C)NC(=O)OC(C)(C)C)cc1. The molecule has 0 aliphatic rings. The molecule has 0 aliphatic heterocycles. The second kappa shape index (κ2) is 9.29. The van der Waals surface area contributed by atoms with Gasteiger partial charge in [-0.25, -0.2) is 4.79 Å². The van der Waals surface area contributed by atoms with E-state index in [2.05, 4.69) is 10.6 Å². The Morgan fingerprint density at radius 1 is 1.00 bits per heavy atom. The van der Waals surface area contributed by atoms with Crippen LogP contribution < -0.4 is 10.6 Å². The van der Waals surface area contributed by atoms with Crippen LogP contribution >= 0.6 is 0 Å². The summed E-state index contributed by atoms with van der Waals surface area (Å²) in [6, 6.07) is 5.77. The van der Waals surface area contributed by atoms with Crippen molar-refractivity contribution in [2.75, 3.05) is 7.05 Å². The van der Waals surface area contributed by atoms with Crippen molar-refractivity contribution in [3.05, 3.63) is 35.4 Å². The molecule has 0 aliphatic carbocycles. The Balaban J connectivity index is 3.07. The number of likely N-dealkylation sites (N-methyl/N-ethyl adjacent to an activating group) is 1. The average Bonchev–Trinajstić information content (AvgIpc) is 2.52. The number of ether oxygens (including phenoxy) is 1. The molecule has 29 heavy (non-hydrogen) atoms. The first-order valence-corrected chi connectivity index (χ1v) is 9.75. The van der Waals surface area contributed by atoms with E-state index in [0.29, 0.717) is 5.56 Å². The van der Waals surface area contributed by atoms with Gasteiger partial charge in [0.2, 0.25) is 11.8 Å². The van der Waals surface area contributed by atoms with E-state index in [9.17, 15) is 14.4 Å². The molecule has 7 heteroatoms. The highest BCUT2D eigenvalue weighted by molar-refractivity contribution is 5.92. The fourth-order valence-electron chi connectivity index (χ4n) is 2.72. The Bertz CT molecular complexity index is 730. The highest BCUT2D eigenvalue weighted by Gasteiger charge is 2.33. The lowest BCUT2D eigenvalue weighted by Gasteiger charge is -2.32. The molecule has 0 bridgehead atoms. The summed E-state index contributed by atoms with van der Waals surface area (Å²) in [6.07, 6.45) is -0.683. The van der Waals surface area contributed by atoms with E-state index in [1.807, 2.05) is 52.0 Å². The molecule has 2 N–H and O–H groups in total. The normalized spacial score (nSPS) is 13.8. The predicted octanol–water partition coefficient (Wildman–Crippen LogP) is 3.32. The topological polar surface area (TPSA) is 87.7 Å². The van der Waals surface area contributed by atoms with E-state index >= 15 is 0 Å². The van der Waals surface area contributed by atoms with E-state index in [-0.39, 0.29) is 5.91 Å². The molecule has 0 fully saturated rings. The third kappa shape index (κ3) is 8.13. The maximum atomic E-state index is 13.0. The molecule has 0 radical (unpaired) electrons. The molecule has 0 saturated carbocycles. The molecule has 0 saturated heterocycles.